The van der Waals surface area contributed by atoms with E-state index in [-0.39, 0.29) is 11.3 Å². The van der Waals surface area contributed by atoms with Gasteiger partial charge in [0, 0.05) is 23.6 Å². The Bertz CT molecular complexity index is 487. The first-order valence-corrected chi connectivity index (χ1v) is 3.80. The van der Waals surface area contributed by atoms with E-state index in [1.54, 1.807) is 0 Å². The number of methoxy groups -OCH3 is 1. The number of fused-ring (bicyclic) bond motifs is 1. The van der Waals surface area contributed by atoms with Gasteiger partial charge in [0.2, 0.25) is 5.91 Å². The Balaban J connectivity index is 2.62. The number of benzene rings is 1. The number of carbonyl (C=O) groups excluding carboxylic acids is 1. The number of ether oxygens (including phenoxy) is 1. The molecule has 0 saturated carbocycles. The molecule has 3 nitrogen and oxygen atoms in total. The minimum Gasteiger partial charge on any atom is -0.497 e. The van der Waals surface area contributed by atoms with E-state index in [4.69, 9.17) is 10.2 Å². The van der Waals surface area contributed by atoms with Crippen molar-refractivity contribution in [3.8, 4) is 5.75 Å². The van der Waals surface area contributed by atoms with Crippen molar-refractivity contribution in [1.29, 1.82) is 0 Å². The number of hydrogen-bond donors (Lipinski definition) is 1. The molecule has 1 aromatic carbocycles. The Labute approximate surface area is 82.3 Å². The van der Waals surface area contributed by atoms with Gasteiger partial charge in [0.15, 0.2) is 0 Å². The highest BCUT2D eigenvalue weighted by molar-refractivity contribution is 5.94. The predicted octanol–water partition coefficient (Wildman–Crippen LogP) is 1.58. The van der Waals surface area contributed by atoms with Crippen LogP contribution in [-0.4, -0.2) is 13.0 Å². The molecule has 1 aliphatic heterocycles. The monoisotopic (exact) mass is 181 g/mol. The molecule has 0 aromatic heterocycles. The number of aryl methyl sites for hydroxylation is 1. The molecule has 0 radical (unpaired) electrons. The predicted molar refractivity (Wildman–Crippen MR) is 49.9 cm³/mol. The maximum Gasteiger partial charge on any atom is 0.224 e. The molecule has 1 aliphatic rings. The quantitative estimate of drug-likeness (QED) is 0.714. The molecule has 0 fully saturated rings. The van der Waals surface area contributed by atoms with Gasteiger partial charge in [-0.15, -0.1) is 0 Å². The first-order valence-electron chi connectivity index (χ1n) is 5.80. The molecule has 0 saturated heterocycles. The number of rotatable bonds is 1. The SMILES string of the molecule is [2H]C1([2H])C(=O)Nc2cc(OC)ccc2C1([2H])[2H]. The molecule has 0 aliphatic carbocycles. The zero-order chi connectivity index (χ0) is 12.8. The number of anilines is 1. The Morgan fingerprint density at radius 1 is 1.54 bits per heavy atom. The van der Waals surface area contributed by atoms with Crippen molar-refractivity contribution < 1.29 is 15.0 Å². The molecule has 68 valence electrons. The zero-order valence-corrected chi connectivity index (χ0v) is 7.05. The van der Waals surface area contributed by atoms with Crippen LogP contribution in [0.4, 0.5) is 5.69 Å². The van der Waals surface area contributed by atoms with Crippen LogP contribution in [0.3, 0.4) is 0 Å². The molecule has 2 rings (SSSR count). The van der Waals surface area contributed by atoms with E-state index in [0.717, 1.165) is 0 Å². The van der Waals surface area contributed by atoms with Gasteiger partial charge in [-0.25, -0.2) is 0 Å². The molecule has 0 bridgehead atoms. The van der Waals surface area contributed by atoms with Crippen LogP contribution in [0.15, 0.2) is 18.2 Å². The summed E-state index contributed by atoms with van der Waals surface area (Å²) in [5, 5.41) is 2.35. The minimum absolute atomic E-state index is 0.114. The molecular formula is C10H11NO2. The van der Waals surface area contributed by atoms with Gasteiger partial charge in [0.1, 0.15) is 5.75 Å². The molecule has 1 amide bonds. The molecule has 0 unspecified atom stereocenters. The Kier molecular flexibility index (Phi) is 1.10. The Morgan fingerprint density at radius 2 is 2.38 bits per heavy atom. The summed E-state index contributed by atoms with van der Waals surface area (Å²) in [4.78, 5) is 11.5. The van der Waals surface area contributed by atoms with Crippen LogP contribution >= 0.6 is 0 Å². The smallest absolute Gasteiger partial charge is 0.224 e. The summed E-state index contributed by atoms with van der Waals surface area (Å²) in [5.41, 5.74) is 0.359. The second-order valence-electron chi connectivity index (χ2n) is 2.62. The molecule has 1 heterocycles. The van der Waals surface area contributed by atoms with Crippen LogP contribution < -0.4 is 10.1 Å². The fourth-order valence-corrected chi connectivity index (χ4v) is 1.14. The van der Waals surface area contributed by atoms with Crippen LogP contribution in [0.2, 0.25) is 0 Å². The fourth-order valence-electron chi connectivity index (χ4n) is 1.14. The molecule has 1 N–H and O–H groups in total. The van der Waals surface area contributed by atoms with Crippen LogP contribution in [-0.2, 0) is 11.2 Å². The summed E-state index contributed by atoms with van der Waals surface area (Å²) >= 11 is 0. The van der Waals surface area contributed by atoms with Crippen molar-refractivity contribution in [2.75, 3.05) is 12.4 Å². The average Bonchev–Trinajstić information content (AvgIpc) is 2.26. The Hall–Kier alpha value is -1.51. The molecule has 0 atom stereocenters. The van der Waals surface area contributed by atoms with Gasteiger partial charge in [0.05, 0.1) is 7.11 Å². The molecule has 1 aromatic rings. The van der Waals surface area contributed by atoms with Gasteiger partial charge in [-0.05, 0) is 18.0 Å². The van der Waals surface area contributed by atoms with Crippen LogP contribution in [0.25, 0.3) is 0 Å². The van der Waals surface area contributed by atoms with Gasteiger partial charge < -0.3 is 10.1 Å². The van der Waals surface area contributed by atoms with Crippen LogP contribution in [0.1, 0.15) is 17.4 Å². The molecule has 0 spiro atoms. The van der Waals surface area contributed by atoms with E-state index in [1.165, 1.54) is 25.3 Å². The largest absolute Gasteiger partial charge is 0.497 e. The van der Waals surface area contributed by atoms with Crippen molar-refractivity contribution in [3.05, 3.63) is 23.8 Å². The number of hydrogen-bond acceptors (Lipinski definition) is 2. The third-order valence-corrected chi connectivity index (χ3v) is 1.79. The number of nitrogens with one attached hydrogen (secondary N) is 1. The van der Waals surface area contributed by atoms with E-state index in [2.05, 4.69) is 5.32 Å². The molecule has 13 heavy (non-hydrogen) atoms. The molecular weight excluding hydrogens is 166 g/mol. The summed E-state index contributed by atoms with van der Waals surface area (Å²) in [6.45, 7) is 0. The van der Waals surface area contributed by atoms with E-state index in [1.807, 2.05) is 0 Å². The van der Waals surface area contributed by atoms with Crippen molar-refractivity contribution in [2.24, 2.45) is 0 Å². The highest BCUT2D eigenvalue weighted by Crippen LogP contribution is 2.26. The maximum absolute atomic E-state index is 11.5. The summed E-state index contributed by atoms with van der Waals surface area (Å²) in [6, 6.07) is 4.43. The third kappa shape index (κ3) is 1.49. The van der Waals surface area contributed by atoms with E-state index < -0.39 is 18.7 Å². The molecule has 3 heteroatoms. The Morgan fingerprint density at radius 3 is 3.15 bits per heavy atom. The maximum atomic E-state index is 11.5. The van der Waals surface area contributed by atoms with Gasteiger partial charge in [-0.1, -0.05) is 6.07 Å². The lowest BCUT2D eigenvalue weighted by Crippen LogP contribution is -2.18. The number of carbonyl (C=O) groups is 1. The fraction of sp³-hybridized carbons (Fsp3) is 0.300. The number of amides is 1. The van der Waals surface area contributed by atoms with Gasteiger partial charge in [-0.2, -0.15) is 0 Å². The van der Waals surface area contributed by atoms with E-state index in [9.17, 15) is 4.79 Å². The zero-order valence-electron chi connectivity index (χ0n) is 11.0. The van der Waals surface area contributed by atoms with Crippen molar-refractivity contribution >= 4 is 11.6 Å². The second-order valence-corrected chi connectivity index (χ2v) is 2.62. The van der Waals surface area contributed by atoms with Crippen molar-refractivity contribution in [1.82, 2.24) is 0 Å². The minimum atomic E-state index is -2.59. The highest BCUT2D eigenvalue weighted by Gasteiger charge is 2.14. The van der Waals surface area contributed by atoms with Crippen molar-refractivity contribution in [2.45, 2.75) is 12.7 Å². The van der Waals surface area contributed by atoms with Crippen LogP contribution in [0.5, 0.6) is 5.75 Å². The summed E-state index contributed by atoms with van der Waals surface area (Å²) < 4.78 is 35.5. The normalized spacial score (nSPS) is 27.0. The summed E-state index contributed by atoms with van der Waals surface area (Å²) in [7, 11) is 1.46. The lowest BCUT2D eigenvalue weighted by Gasteiger charge is -2.16. The standard InChI is InChI=1S/C10H11NO2/c1-13-8-4-2-7-3-5-10(12)11-9(7)6-8/h2,4,6H,3,5H2,1H3,(H,11,12)/i3D2,5D2. The first-order chi connectivity index (χ1) is 7.80. The van der Waals surface area contributed by atoms with Crippen LogP contribution in [0, 0.1) is 0 Å². The van der Waals surface area contributed by atoms with Gasteiger partial charge in [0.25, 0.3) is 0 Å². The lowest BCUT2D eigenvalue weighted by molar-refractivity contribution is -0.116. The third-order valence-electron chi connectivity index (χ3n) is 1.79. The first kappa shape index (κ1) is 4.65. The summed E-state index contributed by atoms with van der Waals surface area (Å²) in [5.74, 6) is -0.509. The van der Waals surface area contributed by atoms with Gasteiger partial charge in [-0.3, -0.25) is 4.79 Å². The average molecular weight is 181 g/mol. The lowest BCUT2D eigenvalue weighted by atomic mass is 10.0. The highest BCUT2D eigenvalue weighted by atomic mass is 16.5. The van der Waals surface area contributed by atoms with Crippen molar-refractivity contribution in [3.63, 3.8) is 0 Å². The van der Waals surface area contributed by atoms with E-state index in [0.29, 0.717) is 5.75 Å². The van der Waals surface area contributed by atoms with Gasteiger partial charge >= 0.3 is 0 Å². The second kappa shape index (κ2) is 3.09. The van der Waals surface area contributed by atoms with E-state index >= 15 is 0 Å². The topological polar surface area (TPSA) is 38.3 Å². The summed E-state index contributed by atoms with van der Waals surface area (Å²) in [6.07, 6.45) is -4.95.